The summed E-state index contributed by atoms with van der Waals surface area (Å²) in [5.74, 6) is -0.0720. The monoisotopic (exact) mass is 218 g/mol. The summed E-state index contributed by atoms with van der Waals surface area (Å²) in [7, 11) is 0. The van der Waals surface area contributed by atoms with Gasteiger partial charge in [0.2, 0.25) is 0 Å². The molecule has 0 saturated carbocycles. The van der Waals surface area contributed by atoms with E-state index in [9.17, 15) is 4.79 Å². The van der Waals surface area contributed by atoms with E-state index >= 15 is 0 Å². The SMILES string of the molecule is Nc1nccnc1C(=O)NC1CC=CCC1. The molecule has 0 spiro atoms. The molecule has 84 valence electrons. The van der Waals surface area contributed by atoms with Crippen LogP contribution in [0.5, 0.6) is 0 Å². The highest BCUT2D eigenvalue weighted by atomic mass is 16.2. The normalized spacial score (nSPS) is 19.4. The van der Waals surface area contributed by atoms with E-state index in [1.54, 1.807) is 0 Å². The molecule has 5 heteroatoms. The van der Waals surface area contributed by atoms with Gasteiger partial charge in [-0.1, -0.05) is 12.2 Å². The second-order valence-electron chi connectivity index (χ2n) is 3.75. The molecule has 3 N–H and O–H groups in total. The maximum atomic E-state index is 11.8. The molecule has 2 rings (SSSR count). The van der Waals surface area contributed by atoms with Crippen LogP contribution in [0.4, 0.5) is 5.82 Å². The van der Waals surface area contributed by atoms with E-state index in [1.165, 1.54) is 12.4 Å². The Morgan fingerprint density at radius 3 is 2.88 bits per heavy atom. The number of amides is 1. The summed E-state index contributed by atoms with van der Waals surface area (Å²) >= 11 is 0. The van der Waals surface area contributed by atoms with Gasteiger partial charge in [0.05, 0.1) is 0 Å². The molecular formula is C11H14N4O. The largest absolute Gasteiger partial charge is 0.382 e. The van der Waals surface area contributed by atoms with Crippen LogP contribution in [0.2, 0.25) is 0 Å². The number of carbonyl (C=O) groups excluding carboxylic acids is 1. The van der Waals surface area contributed by atoms with Crippen LogP contribution in [0.3, 0.4) is 0 Å². The molecular weight excluding hydrogens is 204 g/mol. The van der Waals surface area contributed by atoms with Gasteiger partial charge in [-0.3, -0.25) is 4.79 Å². The maximum absolute atomic E-state index is 11.8. The third-order valence-electron chi connectivity index (χ3n) is 2.55. The number of hydrogen-bond donors (Lipinski definition) is 2. The number of anilines is 1. The average Bonchev–Trinajstić information content (AvgIpc) is 2.31. The van der Waals surface area contributed by atoms with E-state index in [0.29, 0.717) is 0 Å². The molecule has 1 aromatic heterocycles. The number of nitrogens with zero attached hydrogens (tertiary/aromatic N) is 2. The van der Waals surface area contributed by atoms with Crippen LogP contribution in [0, 0.1) is 0 Å². The van der Waals surface area contributed by atoms with Gasteiger partial charge in [0, 0.05) is 18.4 Å². The van der Waals surface area contributed by atoms with Gasteiger partial charge in [0.15, 0.2) is 11.5 Å². The second kappa shape index (κ2) is 4.74. The van der Waals surface area contributed by atoms with Crippen LogP contribution < -0.4 is 11.1 Å². The van der Waals surface area contributed by atoms with Gasteiger partial charge in [0.25, 0.3) is 5.91 Å². The summed E-state index contributed by atoms with van der Waals surface area (Å²) in [6.07, 6.45) is 9.96. The molecule has 1 aromatic rings. The summed E-state index contributed by atoms with van der Waals surface area (Å²) in [5, 5.41) is 2.90. The predicted molar refractivity (Wildman–Crippen MR) is 60.7 cm³/mol. The first-order chi connectivity index (χ1) is 7.77. The predicted octanol–water partition coefficient (Wildman–Crippen LogP) is 0.897. The average molecular weight is 218 g/mol. The standard InChI is InChI=1S/C11H14N4O/c12-10-9(13-6-7-14-10)11(16)15-8-4-2-1-3-5-8/h1-2,6-8H,3-5H2,(H2,12,14)(H,15,16). The van der Waals surface area contributed by atoms with E-state index in [1.807, 2.05) is 0 Å². The fourth-order valence-corrected chi connectivity index (χ4v) is 1.70. The molecule has 5 nitrogen and oxygen atoms in total. The van der Waals surface area contributed by atoms with Crippen molar-refractivity contribution in [1.82, 2.24) is 15.3 Å². The third-order valence-corrected chi connectivity index (χ3v) is 2.55. The van der Waals surface area contributed by atoms with E-state index < -0.39 is 0 Å². The highest BCUT2D eigenvalue weighted by molar-refractivity contribution is 5.96. The number of nitrogens with one attached hydrogen (secondary N) is 1. The fraction of sp³-hybridized carbons (Fsp3) is 0.364. The topological polar surface area (TPSA) is 80.9 Å². The lowest BCUT2D eigenvalue weighted by atomic mass is 10.0. The van der Waals surface area contributed by atoms with Crippen LogP contribution in [-0.2, 0) is 0 Å². The molecule has 0 saturated heterocycles. The molecule has 1 unspecified atom stereocenters. The summed E-state index contributed by atoms with van der Waals surface area (Å²) in [6, 6.07) is 0.180. The Hall–Kier alpha value is -1.91. The van der Waals surface area contributed by atoms with E-state index in [0.717, 1.165) is 19.3 Å². The Balaban J connectivity index is 2.03. The summed E-state index contributed by atoms with van der Waals surface area (Å²) < 4.78 is 0. The zero-order chi connectivity index (χ0) is 11.4. The van der Waals surface area contributed by atoms with Gasteiger partial charge in [0.1, 0.15) is 0 Å². The van der Waals surface area contributed by atoms with Crippen molar-refractivity contribution in [3.05, 3.63) is 30.2 Å². The molecule has 1 aliphatic rings. The first-order valence-electron chi connectivity index (χ1n) is 5.29. The quantitative estimate of drug-likeness (QED) is 0.722. The Labute approximate surface area is 93.8 Å². The summed E-state index contributed by atoms with van der Waals surface area (Å²) in [6.45, 7) is 0. The molecule has 1 aliphatic carbocycles. The zero-order valence-corrected chi connectivity index (χ0v) is 8.89. The minimum absolute atomic E-state index is 0.173. The lowest BCUT2D eigenvalue weighted by Gasteiger charge is -2.19. The van der Waals surface area contributed by atoms with Crippen molar-refractivity contribution in [2.45, 2.75) is 25.3 Å². The Bertz CT molecular complexity index is 416. The van der Waals surface area contributed by atoms with Crippen LogP contribution in [0.25, 0.3) is 0 Å². The number of aromatic nitrogens is 2. The van der Waals surface area contributed by atoms with Crippen LogP contribution in [0.1, 0.15) is 29.8 Å². The second-order valence-corrected chi connectivity index (χ2v) is 3.75. The molecule has 0 fully saturated rings. The minimum Gasteiger partial charge on any atom is -0.382 e. The molecule has 1 atom stereocenters. The fourth-order valence-electron chi connectivity index (χ4n) is 1.70. The van der Waals surface area contributed by atoms with Crippen molar-refractivity contribution in [2.75, 3.05) is 5.73 Å². The number of nitrogen functional groups attached to an aromatic ring is 1. The summed E-state index contributed by atoms with van der Waals surface area (Å²) in [5.41, 5.74) is 5.78. The van der Waals surface area contributed by atoms with E-state index in [-0.39, 0.29) is 23.5 Å². The van der Waals surface area contributed by atoms with Gasteiger partial charge in [-0.05, 0) is 19.3 Å². The van der Waals surface area contributed by atoms with Crippen LogP contribution in [0.15, 0.2) is 24.5 Å². The number of carbonyl (C=O) groups is 1. The van der Waals surface area contributed by atoms with Crippen molar-refractivity contribution in [1.29, 1.82) is 0 Å². The van der Waals surface area contributed by atoms with Crippen molar-refractivity contribution < 1.29 is 4.79 Å². The highest BCUT2D eigenvalue weighted by Crippen LogP contribution is 2.12. The van der Waals surface area contributed by atoms with Crippen molar-refractivity contribution in [3.63, 3.8) is 0 Å². The van der Waals surface area contributed by atoms with Gasteiger partial charge < -0.3 is 11.1 Å². The van der Waals surface area contributed by atoms with E-state index in [4.69, 9.17) is 5.73 Å². The van der Waals surface area contributed by atoms with Gasteiger partial charge in [-0.2, -0.15) is 0 Å². The number of rotatable bonds is 2. The molecule has 0 aromatic carbocycles. The zero-order valence-electron chi connectivity index (χ0n) is 8.89. The lowest BCUT2D eigenvalue weighted by molar-refractivity contribution is 0.0930. The van der Waals surface area contributed by atoms with Gasteiger partial charge in [-0.15, -0.1) is 0 Å². The van der Waals surface area contributed by atoms with Crippen molar-refractivity contribution >= 4 is 11.7 Å². The first kappa shape index (κ1) is 10.6. The molecule has 0 aliphatic heterocycles. The maximum Gasteiger partial charge on any atom is 0.273 e. The van der Waals surface area contributed by atoms with Gasteiger partial charge in [-0.25, -0.2) is 9.97 Å². The summed E-state index contributed by atoms with van der Waals surface area (Å²) in [4.78, 5) is 19.6. The Morgan fingerprint density at radius 2 is 2.19 bits per heavy atom. The van der Waals surface area contributed by atoms with Crippen LogP contribution in [-0.4, -0.2) is 21.9 Å². The Morgan fingerprint density at radius 1 is 1.38 bits per heavy atom. The molecule has 16 heavy (non-hydrogen) atoms. The molecule has 0 bridgehead atoms. The van der Waals surface area contributed by atoms with Crippen LogP contribution >= 0.6 is 0 Å². The minimum atomic E-state index is -0.245. The lowest BCUT2D eigenvalue weighted by Crippen LogP contribution is -2.36. The third kappa shape index (κ3) is 2.36. The van der Waals surface area contributed by atoms with Crippen molar-refractivity contribution in [3.8, 4) is 0 Å². The smallest absolute Gasteiger partial charge is 0.273 e. The molecule has 1 amide bonds. The number of nitrogens with two attached hydrogens (primary N) is 1. The van der Waals surface area contributed by atoms with E-state index in [2.05, 4.69) is 27.4 Å². The van der Waals surface area contributed by atoms with Gasteiger partial charge >= 0.3 is 0 Å². The highest BCUT2D eigenvalue weighted by Gasteiger charge is 2.17. The number of allylic oxidation sites excluding steroid dienone is 1. The van der Waals surface area contributed by atoms with Crippen molar-refractivity contribution in [2.24, 2.45) is 0 Å². The Kier molecular flexibility index (Phi) is 3.14. The number of hydrogen-bond acceptors (Lipinski definition) is 4. The first-order valence-corrected chi connectivity index (χ1v) is 5.29. The molecule has 0 radical (unpaired) electrons. The molecule has 1 heterocycles.